The van der Waals surface area contributed by atoms with Gasteiger partial charge < -0.3 is 10.1 Å². The number of thiophene rings is 2. The van der Waals surface area contributed by atoms with Crippen LogP contribution < -0.4 is 5.32 Å². The molecule has 1 aliphatic rings. The summed E-state index contributed by atoms with van der Waals surface area (Å²) >= 11 is 3.16. The molecule has 0 spiro atoms. The number of nitrogens with zero attached hydrogens (tertiary/aromatic N) is 1. The lowest BCUT2D eigenvalue weighted by Gasteiger charge is -2.19. The molecule has 3 heterocycles. The van der Waals surface area contributed by atoms with Gasteiger partial charge in [0.1, 0.15) is 5.00 Å². The number of esters is 1. The second-order valence-electron chi connectivity index (χ2n) is 9.45. The van der Waals surface area contributed by atoms with Crippen molar-refractivity contribution in [2.75, 3.05) is 5.32 Å². The van der Waals surface area contributed by atoms with Gasteiger partial charge in [-0.25, -0.2) is 9.78 Å². The van der Waals surface area contributed by atoms with Crippen molar-refractivity contribution in [2.45, 2.75) is 53.1 Å². The van der Waals surface area contributed by atoms with Gasteiger partial charge in [-0.3, -0.25) is 4.79 Å². The first kappa shape index (κ1) is 23.7. The average molecular weight is 505 g/mol. The molecule has 0 unspecified atom stereocenters. The minimum absolute atomic E-state index is 0.231. The van der Waals surface area contributed by atoms with E-state index in [0.717, 1.165) is 46.3 Å². The molecule has 0 fully saturated rings. The summed E-state index contributed by atoms with van der Waals surface area (Å²) in [5.41, 5.74) is 3.63. The van der Waals surface area contributed by atoms with Crippen molar-refractivity contribution in [1.29, 1.82) is 0 Å². The maximum Gasteiger partial charge on any atom is 0.341 e. The summed E-state index contributed by atoms with van der Waals surface area (Å²) < 4.78 is 5.57. The molecule has 5 nitrogen and oxygen atoms in total. The molecule has 1 amide bonds. The molecule has 1 aromatic carbocycles. The number of nitrogens with one attached hydrogen (secondary N) is 1. The molecule has 0 saturated carbocycles. The number of hydrogen-bond acceptors (Lipinski definition) is 6. The Morgan fingerprint density at radius 1 is 1.14 bits per heavy atom. The van der Waals surface area contributed by atoms with Gasteiger partial charge in [0.25, 0.3) is 5.91 Å². The Morgan fingerprint density at radius 3 is 2.69 bits per heavy atom. The van der Waals surface area contributed by atoms with E-state index in [1.54, 1.807) is 11.3 Å². The van der Waals surface area contributed by atoms with Gasteiger partial charge in [0.15, 0.2) is 0 Å². The SMILES string of the molecule is Cc1ccc(-c2cc(C(=O)Nc3sc4c(c3C(=O)OC(C)C)CC[C@@H](C)C4)c3ccccc3n2)s1. The molecular weight excluding hydrogens is 476 g/mol. The quantitative estimate of drug-likeness (QED) is 0.290. The number of aryl methyl sites for hydroxylation is 1. The molecular formula is C28H28N2O3S2. The number of benzene rings is 1. The zero-order valence-corrected chi connectivity index (χ0v) is 21.9. The summed E-state index contributed by atoms with van der Waals surface area (Å²) in [4.78, 5) is 35.0. The zero-order valence-electron chi connectivity index (χ0n) is 20.3. The van der Waals surface area contributed by atoms with Gasteiger partial charge >= 0.3 is 5.97 Å². The van der Waals surface area contributed by atoms with E-state index in [-0.39, 0.29) is 18.0 Å². The fraction of sp³-hybridized carbons (Fsp3) is 0.321. The van der Waals surface area contributed by atoms with Crippen molar-refractivity contribution in [3.63, 3.8) is 0 Å². The smallest absolute Gasteiger partial charge is 0.341 e. The number of rotatable bonds is 5. The van der Waals surface area contributed by atoms with Crippen molar-refractivity contribution in [3.05, 3.63) is 68.9 Å². The van der Waals surface area contributed by atoms with Crippen LogP contribution in [0.4, 0.5) is 5.00 Å². The van der Waals surface area contributed by atoms with Gasteiger partial charge in [-0.1, -0.05) is 25.1 Å². The van der Waals surface area contributed by atoms with E-state index in [4.69, 9.17) is 9.72 Å². The minimum Gasteiger partial charge on any atom is -0.459 e. The first-order chi connectivity index (χ1) is 16.8. The molecule has 1 atom stereocenters. The standard InChI is InChI=1S/C28H28N2O3S2/c1-15(2)33-28(32)25-19-11-9-16(3)13-24(19)35-27(25)30-26(31)20-14-22(23-12-10-17(4)34-23)29-21-8-6-5-7-18(20)21/h5-8,10,12,14-16H,9,11,13H2,1-4H3,(H,30,31)/t16-/m1/s1. The molecule has 0 aliphatic heterocycles. The van der Waals surface area contributed by atoms with Gasteiger partial charge in [-0.15, -0.1) is 22.7 Å². The maximum absolute atomic E-state index is 13.7. The van der Waals surface area contributed by atoms with Crippen LogP contribution in [0.15, 0.2) is 42.5 Å². The van der Waals surface area contributed by atoms with Gasteiger partial charge in [0.2, 0.25) is 0 Å². The van der Waals surface area contributed by atoms with Crippen LogP contribution in [0.5, 0.6) is 0 Å². The molecule has 0 saturated heterocycles. The maximum atomic E-state index is 13.7. The molecule has 0 bridgehead atoms. The van der Waals surface area contributed by atoms with Crippen molar-refractivity contribution in [1.82, 2.24) is 4.98 Å². The van der Waals surface area contributed by atoms with E-state index in [9.17, 15) is 9.59 Å². The minimum atomic E-state index is -0.364. The van der Waals surface area contributed by atoms with Gasteiger partial charge in [-0.2, -0.15) is 0 Å². The second kappa shape index (κ2) is 9.55. The Labute approximate surface area is 213 Å². The Morgan fingerprint density at radius 2 is 1.94 bits per heavy atom. The highest BCUT2D eigenvalue weighted by Gasteiger charge is 2.30. The van der Waals surface area contributed by atoms with E-state index < -0.39 is 0 Å². The van der Waals surface area contributed by atoms with Crippen LogP contribution in [0, 0.1) is 12.8 Å². The first-order valence-corrected chi connectivity index (χ1v) is 13.6. The Kier molecular flexibility index (Phi) is 6.47. The van der Waals surface area contributed by atoms with Gasteiger partial charge in [0, 0.05) is 15.1 Å². The number of hydrogen-bond donors (Lipinski definition) is 1. The average Bonchev–Trinajstić information content (AvgIpc) is 3.40. The van der Waals surface area contributed by atoms with Crippen molar-refractivity contribution >= 4 is 50.5 Å². The van der Waals surface area contributed by atoms with Crippen LogP contribution in [-0.4, -0.2) is 23.0 Å². The number of fused-ring (bicyclic) bond motifs is 2. The van der Waals surface area contributed by atoms with Crippen LogP contribution >= 0.6 is 22.7 Å². The first-order valence-electron chi connectivity index (χ1n) is 11.9. The molecule has 3 aromatic heterocycles. The monoisotopic (exact) mass is 504 g/mol. The molecule has 1 N–H and O–H groups in total. The summed E-state index contributed by atoms with van der Waals surface area (Å²) in [6.07, 6.45) is 2.53. The number of anilines is 1. The van der Waals surface area contributed by atoms with Crippen LogP contribution in [0.25, 0.3) is 21.5 Å². The fourth-order valence-corrected chi connectivity index (χ4v) is 6.78. The molecule has 180 valence electrons. The third-order valence-electron chi connectivity index (χ3n) is 6.24. The highest BCUT2D eigenvalue weighted by Crippen LogP contribution is 2.41. The summed E-state index contributed by atoms with van der Waals surface area (Å²) in [5, 5.41) is 4.44. The number of carbonyl (C=O) groups excluding carboxylic acids is 2. The predicted octanol–water partition coefficient (Wildman–Crippen LogP) is 7.28. The molecule has 7 heteroatoms. The molecule has 4 aromatic rings. The Balaban J connectivity index is 1.57. The fourth-order valence-electron chi connectivity index (χ4n) is 4.56. The van der Waals surface area contributed by atoms with E-state index in [0.29, 0.717) is 22.0 Å². The predicted molar refractivity (Wildman–Crippen MR) is 144 cm³/mol. The summed E-state index contributed by atoms with van der Waals surface area (Å²) in [7, 11) is 0. The van der Waals surface area contributed by atoms with Crippen molar-refractivity contribution in [2.24, 2.45) is 5.92 Å². The lowest BCUT2D eigenvalue weighted by atomic mass is 9.88. The second-order valence-corrected chi connectivity index (χ2v) is 11.8. The highest BCUT2D eigenvalue weighted by atomic mass is 32.1. The van der Waals surface area contributed by atoms with E-state index in [1.165, 1.54) is 21.1 Å². The van der Waals surface area contributed by atoms with Gasteiger partial charge in [-0.05, 0) is 75.8 Å². The molecule has 1 aliphatic carbocycles. The molecule has 0 radical (unpaired) electrons. The molecule has 5 rings (SSSR count). The van der Waals surface area contributed by atoms with Gasteiger partial charge in [0.05, 0.1) is 33.3 Å². The van der Waals surface area contributed by atoms with E-state index in [2.05, 4.69) is 25.2 Å². The van der Waals surface area contributed by atoms with E-state index >= 15 is 0 Å². The Hall–Kier alpha value is -3.03. The third-order valence-corrected chi connectivity index (χ3v) is 8.43. The number of aromatic nitrogens is 1. The van der Waals surface area contributed by atoms with E-state index in [1.807, 2.05) is 50.2 Å². The number of ether oxygens (including phenoxy) is 1. The Bertz CT molecular complexity index is 1430. The normalized spacial score (nSPS) is 15.3. The lowest BCUT2D eigenvalue weighted by molar-refractivity contribution is 0.0378. The largest absolute Gasteiger partial charge is 0.459 e. The number of amides is 1. The number of carbonyl (C=O) groups is 2. The van der Waals surface area contributed by atoms with Crippen molar-refractivity contribution < 1.29 is 14.3 Å². The zero-order chi connectivity index (χ0) is 24.7. The number of pyridine rings is 1. The van der Waals surface area contributed by atoms with Crippen LogP contribution in [0.2, 0.25) is 0 Å². The lowest BCUT2D eigenvalue weighted by Crippen LogP contribution is -2.19. The summed E-state index contributed by atoms with van der Waals surface area (Å²) in [5.74, 6) is -0.0558. The van der Waals surface area contributed by atoms with Crippen molar-refractivity contribution in [3.8, 4) is 10.6 Å². The topological polar surface area (TPSA) is 68.3 Å². The van der Waals surface area contributed by atoms with Crippen LogP contribution in [0.1, 0.15) is 63.2 Å². The highest BCUT2D eigenvalue weighted by molar-refractivity contribution is 7.17. The molecule has 35 heavy (non-hydrogen) atoms. The van der Waals surface area contributed by atoms with Crippen LogP contribution in [-0.2, 0) is 17.6 Å². The van der Waals surface area contributed by atoms with Crippen LogP contribution in [0.3, 0.4) is 0 Å². The third kappa shape index (κ3) is 4.75. The number of para-hydroxylation sites is 1. The summed E-state index contributed by atoms with van der Waals surface area (Å²) in [6.45, 7) is 7.96. The summed E-state index contributed by atoms with van der Waals surface area (Å²) in [6, 6.07) is 13.6.